The Morgan fingerprint density at radius 3 is 2.50 bits per heavy atom. The highest BCUT2D eigenvalue weighted by molar-refractivity contribution is 7.89. The van der Waals surface area contributed by atoms with Crippen molar-refractivity contribution in [1.82, 2.24) is 9.62 Å². The number of ether oxygens (including phenoxy) is 1. The van der Waals surface area contributed by atoms with E-state index < -0.39 is 10.0 Å². The van der Waals surface area contributed by atoms with Gasteiger partial charge in [0, 0.05) is 26.2 Å². The topological polar surface area (TPSA) is 58.6 Å². The summed E-state index contributed by atoms with van der Waals surface area (Å²) in [5.74, 6) is 0. The zero-order chi connectivity index (χ0) is 14.3. The molecule has 0 aliphatic carbocycles. The molecule has 2 atom stereocenters. The molecule has 1 N–H and O–H groups in total. The van der Waals surface area contributed by atoms with Crippen molar-refractivity contribution in [2.24, 2.45) is 0 Å². The van der Waals surface area contributed by atoms with Crippen molar-refractivity contribution < 1.29 is 13.2 Å². The van der Waals surface area contributed by atoms with Crippen LogP contribution in [0.5, 0.6) is 0 Å². The first-order valence-corrected chi connectivity index (χ1v) is 8.39. The average Bonchev–Trinajstić information content (AvgIpc) is 2.84. The molecule has 2 heterocycles. The van der Waals surface area contributed by atoms with Crippen LogP contribution in [-0.2, 0) is 27.8 Å². The maximum absolute atomic E-state index is 12.7. The van der Waals surface area contributed by atoms with Crippen molar-refractivity contribution in [3.05, 3.63) is 29.3 Å². The Kier molecular flexibility index (Phi) is 3.58. The molecule has 0 radical (unpaired) electrons. The van der Waals surface area contributed by atoms with Crippen LogP contribution in [-0.4, -0.2) is 38.0 Å². The molecule has 110 valence electrons. The van der Waals surface area contributed by atoms with Crippen LogP contribution in [0, 0.1) is 0 Å². The number of rotatable bonds is 2. The minimum absolute atomic E-state index is 0.0652. The molecule has 0 amide bonds. The minimum atomic E-state index is -3.42. The summed E-state index contributed by atoms with van der Waals surface area (Å²) in [6.07, 6.45) is -0.130. The molecule has 0 saturated carbocycles. The molecule has 3 rings (SSSR count). The molecule has 0 aromatic heterocycles. The number of hydrogen-bond donors (Lipinski definition) is 1. The van der Waals surface area contributed by atoms with E-state index in [4.69, 9.17) is 4.74 Å². The second-order valence-corrected chi connectivity index (χ2v) is 7.55. The lowest BCUT2D eigenvalue weighted by atomic mass is 10.1. The maximum Gasteiger partial charge on any atom is 0.243 e. The smallest absolute Gasteiger partial charge is 0.243 e. The van der Waals surface area contributed by atoms with E-state index in [0.717, 1.165) is 18.7 Å². The number of sulfonamides is 1. The predicted molar refractivity (Wildman–Crippen MR) is 75.8 cm³/mol. The molecule has 2 aliphatic heterocycles. The summed E-state index contributed by atoms with van der Waals surface area (Å²) in [5.41, 5.74) is 2.27. The highest BCUT2D eigenvalue weighted by atomic mass is 32.2. The summed E-state index contributed by atoms with van der Waals surface area (Å²) in [7, 11) is -3.42. The summed E-state index contributed by atoms with van der Waals surface area (Å²) in [6.45, 7) is 6.22. The normalized spacial score (nSPS) is 27.5. The Hall–Kier alpha value is -0.950. The average molecular weight is 296 g/mol. The van der Waals surface area contributed by atoms with E-state index in [0.29, 0.717) is 18.0 Å². The summed E-state index contributed by atoms with van der Waals surface area (Å²) < 4.78 is 32.6. The van der Waals surface area contributed by atoms with Crippen LogP contribution in [0.1, 0.15) is 25.0 Å². The first kappa shape index (κ1) is 14.0. The van der Waals surface area contributed by atoms with Crippen LogP contribution in [0.2, 0.25) is 0 Å². The van der Waals surface area contributed by atoms with Gasteiger partial charge in [0.1, 0.15) is 0 Å². The third-order valence-electron chi connectivity index (χ3n) is 3.83. The Morgan fingerprint density at radius 1 is 1.15 bits per heavy atom. The molecule has 2 aliphatic rings. The van der Waals surface area contributed by atoms with Gasteiger partial charge in [0.15, 0.2) is 0 Å². The van der Waals surface area contributed by atoms with Gasteiger partial charge in [-0.05, 0) is 37.1 Å². The fourth-order valence-corrected chi connectivity index (χ4v) is 4.55. The number of hydrogen-bond acceptors (Lipinski definition) is 4. The lowest BCUT2D eigenvalue weighted by Gasteiger charge is -2.34. The molecular formula is C14H20N2O3S. The van der Waals surface area contributed by atoms with Crippen LogP contribution < -0.4 is 5.32 Å². The van der Waals surface area contributed by atoms with Crippen LogP contribution in [0.4, 0.5) is 0 Å². The van der Waals surface area contributed by atoms with Crippen molar-refractivity contribution >= 4 is 10.0 Å². The van der Waals surface area contributed by atoms with Gasteiger partial charge in [-0.2, -0.15) is 4.31 Å². The molecule has 6 heteroatoms. The standard InChI is InChI=1S/C14H20N2O3S/c1-10-8-16(9-11(2)19-10)20(17,18)14-4-3-12-6-15-7-13(12)5-14/h3-5,10-11,15H,6-9H2,1-2H3/t10-,11+. The van der Waals surface area contributed by atoms with Crippen molar-refractivity contribution in [2.45, 2.75) is 44.0 Å². The number of nitrogens with one attached hydrogen (secondary N) is 1. The largest absolute Gasteiger partial charge is 0.373 e. The van der Waals surface area contributed by atoms with Crippen LogP contribution >= 0.6 is 0 Å². The van der Waals surface area contributed by atoms with Crippen molar-refractivity contribution in [3.63, 3.8) is 0 Å². The van der Waals surface area contributed by atoms with Gasteiger partial charge in [-0.3, -0.25) is 0 Å². The lowest BCUT2D eigenvalue weighted by molar-refractivity contribution is -0.0440. The maximum atomic E-state index is 12.7. The van der Waals surface area contributed by atoms with Gasteiger partial charge in [-0.1, -0.05) is 6.07 Å². The molecule has 0 bridgehead atoms. The van der Waals surface area contributed by atoms with E-state index in [1.54, 1.807) is 12.1 Å². The Labute approximate surface area is 120 Å². The fourth-order valence-electron chi connectivity index (χ4n) is 2.91. The van der Waals surface area contributed by atoms with E-state index >= 15 is 0 Å². The predicted octanol–water partition coefficient (Wildman–Crippen LogP) is 1.09. The molecule has 0 unspecified atom stereocenters. The summed E-state index contributed by atoms with van der Waals surface area (Å²) in [6, 6.07) is 5.43. The summed E-state index contributed by atoms with van der Waals surface area (Å²) >= 11 is 0. The molecular weight excluding hydrogens is 276 g/mol. The molecule has 1 aromatic carbocycles. The first-order valence-electron chi connectivity index (χ1n) is 6.95. The van der Waals surface area contributed by atoms with Gasteiger partial charge >= 0.3 is 0 Å². The van der Waals surface area contributed by atoms with E-state index in [-0.39, 0.29) is 12.2 Å². The second kappa shape index (κ2) is 5.11. The summed E-state index contributed by atoms with van der Waals surface area (Å²) in [4.78, 5) is 0.390. The van der Waals surface area contributed by atoms with Gasteiger partial charge in [0.25, 0.3) is 0 Å². The molecule has 1 saturated heterocycles. The van der Waals surface area contributed by atoms with Crippen LogP contribution in [0.3, 0.4) is 0 Å². The van der Waals surface area contributed by atoms with Crippen molar-refractivity contribution in [3.8, 4) is 0 Å². The van der Waals surface area contributed by atoms with Crippen LogP contribution in [0.15, 0.2) is 23.1 Å². The Bertz CT molecular complexity index is 605. The number of nitrogens with zero attached hydrogens (tertiary/aromatic N) is 1. The third-order valence-corrected chi connectivity index (χ3v) is 5.66. The van der Waals surface area contributed by atoms with Crippen molar-refractivity contribution in [1.29, 1.82) is 0 Å². The Balaban J connectivity index is 1.91. The second-order valence-electron chi connectivity index (χ2n) is 5.61. The molecule has 5 nitrogen and oxygen atoms in total. The Morgan fingerprint density at radius 2 is 1.80 bits per heavy atom. The minimum Gasteiger partial charge on any atom is -0.373 e. The van der Waals surface area contributed by atoms with Gasteiger partial charge in [-0.25, -0.2) is 8.42 Å². The monoisotopic (exact) mass is 296 g/mol. The molecule has 1 aromatic rings. The molecule has 20 heavy (non-hydrogen) atoms. The van der Waals surface area contributed by atoms with Gasteiger partial charge < -0.3 is 10.1 Å². The number of morpholine rings is 1. The zero-order valence-electron chi connectivity index (χ0n) is 11.8. The quantitative estimate of drug-likeness (QED) is 0.887. The number of fused-ring (bicyclic) bond motifs is 1. The molecule has 1 fully saturated rings. The highest BCUT2D eigenvalue weighted by Gasteiger charge is 2.32. The number of benzene rings is 1. The van der Waals surface area contributed by atoms with Gasteiger partial charge in [0.05, 0.1) is 17.1 Å². The fraction of sp³-hybridized carbons (Fsp3) is 0.571. The van der Waals surface area contributed by atoms with Crippen molar-refractivity contribution in [2.75, 3.05) is 13.1 Å². The highest BCUT2D eigenvalue weighted by Crippen LogP contribution is 2.24. The molecule has 0 spiro atoms. The van der Waals surface area contributed by atoms with E-state index in [1.165, 1.54) is 9.87 Å². The third kappa shape index (κ3) is 2.48. The van der Waals surface area contributed by atoms with Crippen LogP contribution in [0.25, 0.3) is 0 Å². The SMILES string of the molecule is C[C@@H]1CN(S(=O)(=O)c2ccc3c(c2)CNC3)C[C@H](C)O1. The van der Waals surface area contributed by atoms with Gasteiger partial charge in [0.2, 0.25) is 10.0 Å². The van der Waals surface area contributed by atoms with E-state index in [2.05, 4.69) is 5.32 Å². The van der Waals surface area contributed by atoms with E-state index in [1.807, 2.05) is 19.9 Å². The first-order chi connectivity index (χ1) is 9.46. The summed E-state index contributed by atoms with van der Waals surface area (Å²) in [5, 5.41) is 3.23. The lowest BCUT2D eigenvalue weighted by Crippen LogP contribution is -2.48. The van der Waals surface area contributed by atoms with Gasteiger partial charge in [-0.15, -0.1) is 0 Å². The van der Waals surface area contributed by atoms with E-state index in [9.17, 15) is 8.42 Å². The zero-order valence-corrected chi connectivity index (χ0v) is 12.6.